The molecule has 1 aromatic heterocycles. The Kier molecular flexibility index (Phi) is 5.83. The molecular formula is C21H20N2O3. The number of anilines is 1. The topological polar surface area (TPSA) is 71.3 Å². The molecule has 0 aliphatic rings. The van der Waals surface area contributed by atoms with Gasteiger partial charge in [-0.2, -0.15) is 0 Å². The van der Waals surface area contributed by atoms with Crippen LogP contribution in [0.4, 0.5) is 5.69 Å². The molecule has 5 nitrogen and oxygen atoms in total. The molecular weight excluding hydrogens is 328 g/mol. The molecule has 0 unspecified atom stereocenters. The van der Waals surface area contributed by atoms with Gasteiger partial charge >= 0.3 is 0 Å². The first-order chi connectivity index (χ1) is 12.7. The van der Waals surface area contributed by atoms with Gasteiger partial charge in [-0.3, -0.25) is 9.59 Å². The molecule has 3 rings (SSSR count). The van der Waals surface area contributed by atoms with Crippen molar-refractivity contribution >= 4 is 17.5 Å². The SMILES string of the molecule is O=C(CCc1ccccc1)Nc1ccc(C(=O)NCc2ccco2)cc1. The molecule has 2 N–H and O–H groups in total. The summed E-state index contributed by atoms with van der Waals surface area (Å²) >= 11 is 0. The van der Waals surface area contributed by atoms with E-state index in [-0.39, 0.29) is 11.8 Å². The van der Waals surface area contributed by atoms with Gasteiger partial charge in [-0.05, 0) is 48.4 Å². The van der Waals surface area contributed by atoms with Crippen LogP contribution in [0.1, 0.15) is 28.1 Å². The van der Waals surface area contributed by atoms with Crippen LogP contribution in [-0.2, 0) is 17.8 Å². The number of carbonyl (C=O) groups is 2. The van der Waals surface area contributed by atoms with Crippen LogP contribution in [0.15, 0.2) is 77.4 Å². The average molecular weight is 348 g/mol. The Morgan fingerprint density at radius 2 is 1.65 bits per heavy atom. The van der Waals surface area contributed by atoms with Gasteiger partial charge in [-0.1, -0.05) is 30.3 Å². The second-order valence-corrected chi connectivity index (χ2v) is 5.87. The van der Waals surface area contributed by atoms with Gasteiger partial charge < -0.3 is 15.1 Å². The summed E-state index contributed by atoms with van der Waals surface area (Å²) in [6.45, 7) is 0.337. The fraction of sp³-hybridized carbons (Fsp3) is 0.143. The van der Waals surface area contributed by atoms with Crippen molar-refractivity contribution in [2.24, 2.45) is 0 Å². The predicted octanol–water partition coefficient (Wildman–Crippen LogP) is 3.78. The number of hydrogen-bond acceptors (Lipinski definition) is 3. The highest BCUT2D eigenvalue weighted by atomic mass is 16.3. The standard InChI is InChI=1S/C21H20N2O3/c24-20(13-8-16-5-2-1-3-6-16)23-18-11-9-17(10-12-18)21(25)22-15-19-7-4-14-26-19/h1-7,9-12,14H,8,13,15H2,(H,22,25)(H,23,24). The van der Waals surface area contributed by atoms with Crippen molar-refractivity contribution in [2.75, 3.05) is 5.32 Å². The first-order valence-corrected chi connectivity index (χ1v) is 8.45. The van der Waals surface area contributed by atoms with Gasteiger partial charge in [0.05, 0.1) is 12.8 Å². The van der Waals surface area contributed by atoms with Crippen LogP contribution in [0.5, 0.6) is 0 Å². The summed E-state index contributed by atoms with van der Waals surface area (Å²) < 4.78 is 5.18. The van der Waals surface area contributed by atoms with E-state index in [4.69, 9.17) is 4.42 Å². The first-order valence-electron chi connectivity index (χ1n) is 8.45. The van der Waals surface area contributed by atoms with Crippen molar-refractivity contribution < 1.29 is 14.0 Å². The van der Waals surface area contributed by atoms with E-state index in [1.165, 1.54) is 0 Å². The lowest BCUT2D eigenvalue weighted by atomic mass is 10.1. The van der Waals surface area contributed by atoms with Gasteiger partial charge in [0.15, 0.2) is 0 Å². The number of amides is 2. The van der Waals surface area contributed by atoms with Crippen molar-refractivity contribution in [3.05, 3.63) is 89.9 Å². The van der Waals surface area contributed by atoms with Gasteiger partial charge in [0.2, 0.25) is 5.91 Å². The molecule has 0 bridgehead atoms. The summed E-state index contributed by atoms with van der Waals surface area (Å²) in [5.74, 6) is 0.452. The predicted molar refractivity (Wildman–Crippen MR) is 99.7 cm³/mol. The molecule has 2 amide bonds. The molecule has 0 aliphatic carbocycles. The van der Waals surface area contributed by atoms with Gasteiger partial charge in [0, 0.05) is 17.7 Å². The van der Waals surface area contributed by atoms with Gasteiger partial charge in [-0.15, -0.1) is 0 Å². The number of rotatable bonds is 7. The number of hydrogen-bond donors (Lipinski definition) is 2. The fourth-order valence-electron chi connectivity index (χ4n) is 2.51. The Balaban J connectivity index is 1.47. The summed E-state index contributed by atoms with van der Waals surface area (Å²) in [6, 6.07) is 20.3. The zero-order valence-electron chi connectivity index (χ0n) is 14.3. The number of nitrogens with one attached hydrogen (secondary N) is 2. The second kappa shape index (κ2) is 8.67. The highest BCUT2D eigenvalue weighted by Gasteiger charge is 2.07. The van der Waals surface area contributed by atoms with E-state index >= 15 is 0 Å². The maximum atomic E-state index is 12.1. The number of furan rings is 1. The molecule has 0 saturated heterocycles. The minimum atomic E-state index is -0.191. The molecule has 132 valence electrons. The Hall–Kier alpha value is -3.34. The second-order valence-electron chi connectivity index (χ2n) is 5.87. The van der Waals surface area contributed by atoms with Crippen LogP contribution in [0.3, 0.4) is 0 Å². The number of benzene rings is 2. The van der Waals surface area contributed by atoms with E-state index in [2.05, 4.69) is 10.6 Å². The molecule has 3 aromatic rings. The monoisotopic (exact) mass is 348 g/mol. The molecule has 0 aliphatic heterocycles. The lowest BCUT2D eigenvalue weighted by molar-refractivity contribution is -0.116. The van der Waals surface area contributed by atoms with Crippen LogP contribution >= 0.6 is 0 Å². The number of aryl methyl sites for hydroxylation is 1. The largest absolute Gasteiger partial charge is 0.467 e. The summed E-state index contributed by atoms with van der Waals surface area (Å²) in [7, 11) is 0. The van der Waals surface area contributed by atoms with Crippen LogP contribution in [0, 0.1) is 0 Å². The first kappa shape index (κ1) is 17.5. The molecule has 5 heteroatoms. The van der Waals surface area contributed by atoms with Gasteiger partial charge in [-0.25, -0.2) is 0 Å². The van der Waals surface area contributed by atoms with Crippen LogP contribution in [-0.4, -0.2) is 11.8 Å². The van der Waals surface area contributed by atoms with E-state index < -0.39 is 0 Å². The zero-order chi connectivity index (χ0) is 18.2. The summed E-state index contributed by atoms with van der Waals surface area (Å²) in [6.07, 6.45) is 2.67. The van der Waals surface area contributed by atoms with Crippen molar-refractivity contribution in [1.82, 2.24) is 5.32 Å². The molecule has 26 heavy (non-hydrogen) atoms. The molecule has 0 saturated carbocycles. The van der Waals surface area contributed by atoms with Crippen molar-refractivity contribution in [3.8, 4) is 0 Å². The normalized spacial score (nSPS) is 10.3. The van der Waals surface area contributed by atoms with Gasteiger partial charge in [0.25, 0.3) is 5.91 Å². The lowest BCUT2D eigenvalue weighted by Gasteiger charge is -2.07. The fourth-order valence-corrected chi connectivity index (χ4v) is 2.51. The van der Waals surface area contributed by atoms with Crippen molar-refractivity contribution in [1.29, 1.82) is 0 Å². The van der Waals surface area contributed by atoms with Crippen LogP contribution < -0.4 is 10.6 Å². The van der Waals surface area contributed by atoms with Crippen molar-refractivity contribution in [3.63, 3.8) is 0 Å². The third kappa shape index (κ3) is 5.08. The Morgan fingerprint density at radius 1 is 0.885 bits per heavy atom. The minimum Gasteiger partial charge on any atom is -0.467 e. The van der Waals surface area contributed by atoms with E-state index in [1.807, 2.05) is 30.3 Å². The highest BCUT2D eigenvalue weighted by molar-refractivity contribution is 5.95. The maximum Gasteiger partial charge on any atom is 0.251 e. The lowest BCUT2D eigenvalue weighted by Crippen LogP contribution is -2.22. The Labute approximate surface area is 152 Å². The Bertz CT molecular complexity index is 841. The highest BCUT2D eigenvalue weighted by Crippen LogP contribution is 2.11. The Morgan fingerprint density at radius 3 is 2.35 bits per heavy atom. The average Bonchev–Trinajstić information content (AvgIpc) is 3.19. The summed E-state index contributed by atoms with van der Waals surface area (Å²) in [5, 5.41) is 5.63. The van der Waals surface area contributed by atoms with Gasteiger partial charge in [0.1, 0.15) is 5.76 Å². The smallest absolute Gasteiger partial charge is 0.251 e. The molecule has 1 heterocycles. The quantitative estimate of drug-likeness (QED) is 0.682. The van der Waals surface area contributed by atoms with Crippen LogP contribution in [0.2, 0.25) is 0 Å². The molecule has 0 atom stereocenters. The van der Waals surface area contributed by atoms with Crippen LogP contribution in [0.25, 0.3) is 0 Å². The third-order valence-electron chi connectivity index (χ3n) is 3.92. The third-order valence-corrected chi connectivity index (χ3v) is 3.92. The number of carbonyl (C=O) groups excluding carboxylic acids is 2. The van der Waals surface area contributed by atoms with E-state index in [9.17, 15) is 9.59 Å². The summed E-state index contributed by atoms with van der Waals surface area (Å²) in [4.78, 5) is 24.1. The van der Waals surface area contributed by atoms with E-state index in [0.29, 0.717) is 36.4 Å². The minimum absolute atomic E-state index is 0.0520. The van der Waals surface area contributed by atoms with E-state index in [1.54, 1.807) is 42.7 Å². The molecule has 0 spiro atoms. The van der Waals surface area contributed by atoms with E-state index in [0.717, 1.165) is 5.56 Å². The maximum absolute atomic E-state index is 12.1. The summed E-state index contributed by atoms with van der Waals surface area (Å²) in [5.41, 5.74) is 2.33. The molecule has 0 radical (unpaired) electrons. The van der Waals surface area contributed by atoms with Crippen molar-refractivity contribution in [2.45, 2.75) is 19.4 Å². The molecule has 2 aromatic carbocycles. The molecule has 0 fully saturated rings. The zero-order valence-corrected chi connectivity index (χ0v) is 14.3.